The van der Waals surface area contributed by atoms with E-state index in [1.54, 1.807) is 6.92 Å². The highest BCUT2D eigenvalue weighted by Gasteiger charge is 2.15. The monoisotopic (exact) mass is 303 g/mol. The molecular weight excluding hydrogens is 286 g/mol. The van der Waals surface area contributed by atoms with E-state index in [1.165, 1.54) is 29.6 Å². The van der Waals surface area contributed by atoms with Gasteiger partial charge in [-0.25, -0.2) is 4.98 Å². The van der Waals surface area contributed by atoms with Crippen LogP contribution in [0.1, 0.15) is 19.4 Å². The van der Waals surface area contributed by atoms with Crippen LogP contribution < -0.4 is 10.9 Å². The van der Waals surface area contributed by atoms with Gasteiger partial charge in [0, 0.05) is 18.0 Å². The first kappa shape index (κ1) is 15.3. The highest BCUT2D eigenvalue weighted by atomic mass is 32.2. The molecule has 1 aromatic carbocycles. The first-order chi connectivity index (χ1) is 10.1. The van der Waals surface area contributed by atoms with E-state index in [4.69, 9.17) is 0 Å². The molecule has 0 saturated heterocycles. The molecule has 2 aromatic rings. The number of hydrogen-bond acceptors (Lipinski definition) is 4. The second-order valence-corrected chi connectivity index (χ2v) is 5.87. The number of aromatic amines is 1. The van der Waals surface area contributed by atoms with Gasteiger partial charge in [0.25, 0.3) is 5.56 Å². The highest BCUT2D eigenvalue weighted by Crippen LogP contribution is 2.19. The van der Waals surface area contributed by atoms with Crippen molar-refractivity contribution in [2.75, 3.05) is 5.32 Å². The number of carbonyl (C=O) groups is 1. The number of anilines is 1. The van der Waals surface area contributed by atoms with Gasteiger partial charge in [0.15, 0.2) is 5.16 Å². The predicted octanol–water partition coefficient (Wildman–Crippen LogP) is 2.45. The fraction of sp³-hybridized carbons (Fsp3) is 0.267. The van der Waals surface area contributed by atoms with Gasteiger partial charge in [0.2, 0.25) is 5.91 Å². The molecule has 0 aliphatic carbocycles. The fourth-order valence-electron chi connectivity index (χ4n) is 1.70. The Labute approximate surface area is 127 Å². The van der Waals surface area contributed by atoms with Crippen LogP contribution in [-0.2, 0) is 11.2 Å². The third-order valence-corrected chi connectivity index (χ3v) is 3.93. The zero-order chi connectivity index (χ0) is 15.2. The zero-order valence-corrected chi connectivity index (χ0v) is 12.7. The van der Waals surface area contributed by atoms with E-state index >= 15 is 0 Å². The van der Waals surface area contributed by atoms with E-state index in [0.717, 1.165) is 12.1 Å². The Kier molecular flexibility index (Phi) is 5.16. The lowest BCUT2D eigenvalue weighted by atomic mass is 10.1. The van der Waals surface area contributed by atoms with Crippen LogP contribution in [-0.4, -0.2) is 21.1 Å². The summed E-state index contributed by atoms with van der Waals surface area (Å²) in [4.78, 5) is 29.9. The van der Waals surface area contributed by atoms with Crippen LogP contribution in [0, 0.1) is 0 Å². The van der Waals surface area contributed by atoms with Gasteiger partial charge < -0.3 is 10.3 Å². The van der Waals surface area contributed by atoms with Crippen LogP contribution in [0.25, 0.3) is 0 Å². The van der Waals surface area contributed by atoms with Crippen molar-refractivity contribution < 1.29 is 4.79 Å². The van der Waals surface area contributed by atoms with Gasteiger partial charge in [-0.3, -0.25) is 9.59 Å². The molecule has 0 aliphatic heterocycles. The number of benzene rings is 1. The summed E-state index contributed by atoms with van der Waals surface area (Å²) in [6.07, 6.45) is 2.39. The summed E-state index contributed by atoms with van der Waals surface area (Å²) in [6.45, 7) is 3.85. The van der Waals surface area contributed by atoms with E-state index in [-0.39, 0.29) is 16.7 Å². The van der Waals surface area contributed by atoms with E-state index in [0.29, 0.717) is 5.16 Å². The van der Waals surface area contributed by atoms with Crippen molar-refractivity contribution >= 4 is 23.4 Å². The van der Waals surface area contributed by atoms with Gasteiger partial charge >= 0.3 is 0 Å². The number of nitrogens with one attached hydrogen (secondary N) is 2. The summed E-state index contributed by atoms with van der Waals surface area (Å²) in [5.41, 5.74) is 1.76. The van der Waals surface area contributed by atoms with E-state index < -0.39 is 0 Å². The molecule has 1 heterocycles. The quantitative estimate of drug-likeness (QED) is 0.657. The molecular formula is C15H17N3O2S. The van der Waals surface area contributed by atoms with Crippen LogP contribution in [0.4, 0.5) is 5.69 Å². The van der Waals surface area contributed by atoms with Crippen molar-refractivity contribution in [2.45, 2.75) is 30.7 Å². The van der Waals surface area contributed by atoms with Gasteiger partial charge in [0.1, 0.15) is 0 Å². The number of carbonyl (C=O) groups excluding carboxylic acids is 1. The molecule has 1 aromatic heterocycles. The maximum atomic E-state index is 12.1. The van der Waals surface area contributed by atoms with Gasteiger partial charge in [-0.05, 0) is 31.0 Å². The highest BCUT2D eigenvalue weighted by molar-refractivity contribution is 8.00. The van der Waals surface area contributed by atoms with E-state index in [1.807, 2.05) is 24.3 Å². The molecule has 1 amide bonds. The molecule has 0 saturated carbocycles. The Morgan fingerprint density at radius 1 is 1.33 bits per heavy atom. The topological polar surface area (TPSA) is 74.8 Å². The lowest BCUT2D eigenvalue weighted by Gasteiger charge is -2.11. The molecule has 6 heteroatoms. The molecule has 0 radical (unpaired) electrons. The number of thioether (sulfide) groups is 1. The second-order valence-electron chi connectivity index (χ2n) is 4.54. The molecule has 110 valence electrons. The van der Waals surface area contributed by atoms with Crippen LogP contribution in [0.15, 0.2) is 46.5 Å². The maximum absolute atomic E-state index is 12.1. The summed E-state index contributed by atoms with van der Waals surface area (Å²) in [6, 6.07) is 9.09. The molecule has 5 nitrogen and oxygen atoms in total. The standard InChI is InChI=1S/C15H17N3O2S/c1-3-11-4-6-12(7-5-11)17-14(20)10(2)21-15-16-9-8-13(19)18-15/h4-10H,3H2,1-2H3,(H,17,20)(H,16,18,19)/t10-/m1/s1. The minimum absolute atomic E-state index is 0.129. The summed E-state index contributed by atoms with van der Waals surface area (Å²) in [5.74, 6) is -0.129. The number of hydrogen-bond donors (Lipinski definition) is 2. The van der Waals surface area contributed by atoms with Crippen molar-refractivity contribution in [3.05, 3.63) is 52.4 Å². The SMILES string of the molecule is CCc1ccc(NC(=O)[C@@H](C)Sc2nccc(=O)[nH]2)cc1. The van der Waals surface area contributed by atoms with Gasteiger partial charge in [-0.15, -0.1) is 0 Å². The molecule has 0 bridgehead atoms. The smallest absolute Gasteiger partial charge is 0.251 e. The van der Waals surface area contributed by atoms with Crippen molar-refractivity contribution in [1.29, 1.82) is 0 Å². The fourth-order valence-corrected chi connectivity index (χ4v) is 2.48. The third-order valence-electron chi connectivity index (χ3n) is 2.94. The van der Waals surface area contributed by atoms with Crippen molar-refractivity contribution in [3.63, 3.8) is 0 Å². The first-order valence-corrected chi connectivity index (χ1v) is 7.58. The van der Waals surface area contributed by atoms with Crippen LogP contribution >= 0.6 is 11.8 Å². The lowest BCUT2D eigenvalue weighted by molar-refractivity contribution is -0.115. The van der Waals surface area contributed by atoms with Crippen LogP contribution in [0.3, 0.4) is 0 Å². The molecule has 0 unspecified atom stereocenters. The Hall–Kier alpha value is -2.08. The summed E-state index contributed by atoms with van der Waals surface area (Å²) < 4.78 is 0. The first-order valence-electron chi connectivity index (χ1n) is 6.70. The van der Waals surface area contributed by atoms with Crippen molar-refractivity contribution in [2.24, 2.45) is 0 Å². The molecule has 1 atom stereocenters. The number of aromatic nitrogens is 2. The Balaban J connectivity index is 1.97. The maximum Gasteiger partial charge on any atom is 0.251 e. The summed E-state index contributed by atoms with van der Waals surface area (Å²) >= 11 is 1.21. The molecule has 0 aliphatic rings. The molecule has 21 heavy (non-hydrogen) atoms. The molecule has 0 spiro atoms. The molecule has 2 N–H and O–H groups in total. The van der Waals surface area contributed by atoms with Gasteiger partial charge in [-0.1, -0.05) is 30.8 Å². The minimum Gasteiger partial charge on any atom is -0.325 e. The number of nitrogens with zero attached hydrogens (tertiary/aromatic N) is 1. The van der Waals surface area contributed by atoms with E-state index in [9.17, 15) is 9.59 Å². The average Bonchev–Trinajstić information content (AvgIpc) is 2.48. The van der Waals surface area contributed by atoms with Crippen molar-refractivity contribution in [3.8, 4) is 0 Å². The van der Waals surface area contributed by atoms with E-state index in [2.05, 4.69) is 22.2 Å². The number of aryl methyl sites for hydroxylation is 1. The predicted molar refractivity (Wildman–Crippen MR) is 84.6 cm³/mol. The Bertz CT molecular complexity index is 667. The minimum atomic E-state index is -0.360. The van der Waals surface area contributed by atoms with Gasteiger partial charge in [0.05, 0.1) is 5.25 Å². The molecule has 2 rings (SSSR count). The normalized spacial score (nSPS) is 11.9. The van der Waals surface area contributed by atoms with Gasteiger partial charge in [-0.2, -0.15) is 0 Å². The third kappa shape index (κ3) is 4.46. The second kappa shape index (κ2) is 7.08. The number of rotatable bonds is 5. The summed E-state index contributed by atoms with van der Waals surface area (Å²) in [5, 5.41) is 2.93. The number of amides is 1. The summed E-state index contributed by atoms with van der Waals surface area (Å²) in [7, 11) is 0. The average molecular weight is 303 g/mol. The zero-order valence-electron chi connectivity index (χ0n) is 11.9. The molecule has 0 fully saturated rings. The van der Waals surface area contributed by atoms with Crippen LogP contribution in [0.2, 0.25) is 0 Å². The van der Waals surface area contributed by atoms with Crippen LogP contribution in [0.5, 0.6) is 0 Å². The lowest BCUT2D eigenvalue weighted by Crippen LogP contribution is -2.23. The Morgan fingerprint density at radius 2 is 2.05 bits per heavy atom. The Morgan fingerprint density at radius 3 is 2.67 bits per heavy atom. The van der Waals surface area contributed by atoms with Crippen molar-refractivity contribution in [1.82, 2.24) is 9.97 Å². The largest absolute Gasteiger partial charge is 0.325 e. The number of H-pyrrole nitrogens is 1.